The van der Waals surface area contributed by atoms with Crippen LogP contribution in [0.5, 0.6) is 0 Å². The number of rotatable bonds is 4. The van der Waals surface area contributed by atoms with Gasteiger partial charge in [-0.05, 0) is 26.2 Å². The van der Waals surface area contributed by atoms with Crippen LogP contribution in [0.25, 0.3) is 0 Å². The summed E-state index contributed by atoms with van der Waals surface area (Å²) in [4.78, 5) is 7.65. The molecule has 0 spiro atoms. The third kappa shape index (κ3) is 3.08. The Balaban J connectivity index is 1.84. The second-order valence-electron chi connectivity index (χ2n) is 5.52. The average molecular weight is 326 g/mol. The molecule has 1 aliphatic carbocycles. The van der Waals surface area contributed by atoms with Crippen LogP contribution in [-0.2, 0) is 6.18 Å². The standard InChI is InChI=1S/C14H17F3N6/c1-8-11(7-23(22-8)9-4-3-5-9)20-13-19-6-10(14(15,16)17)12(18-2)21-13/h6-7,9H,3-5H2,1-2H3,(H2,18,19,20,21). The van der Waals surface area contributed by atoms with E-state index >= 15 is 0 Å². The van der Waals surface area contributed by atoms with Gasteiger partial charge >= 0.3 is 6.18 Å². The van der Waals surface area contributed by atoms with Gasteiger partial charge in [0.1, 0.15) is 11.4 Å². The molecule has 124 valence electrons. The fourth-order valence-corrected chi connectivity index (χ4v) is 2.40. The number of nitrogens with one attached hydrogen (secondary N) is 2. The van der Waals surface area contributed by atoms with Gasteiger partial charge < -0.3 is 10.6 Å². The minimum Gasteiger partial charge on any atom is -0.372 e. The zero-order valence-electron chi connectivity index (χ0n) is 12.8. The van der Waals surface area contributed by atoms with Crippen molar-refractivity contribution < 1.29 is 13.2 Å². The van der Waals surface area contributed by atoms with E-state index in [4.69, 9.17) is 0 Å². The number of aryl methyl sites for hydroxylation is 1. The molecule has 0 aliphatic heterocycles. The quantitative estimate of drug-likeness (QED) is 0.900. The molecule has 2 aromatic heterocycles. The average Bonchev–Trinajstić information content (AvgIpc) is 2.76. The van der Waals surface area contributed by atoms with Crippen LogP contribution in [0.1, 0.15) is 36.6 Å². The van der Waals surface area contributed by atoms with Gasteiger partial charge in [0.25, 0.3) is 0 Å². The molecule has 2 N–H and O–H groups in total. The third-order valence-electron chi connectivity index (χ3n) is 3.94. The Morgan fingerprint density at radius 3 is 2.61 bits per heavy atom. The number of aromatic nitrogens is 4. The van der Waals surface area contributed by atoms with Gasteiger partial charge in [0.05, 0.1) is 17.4 Å². The summed E-state index contributed by atoms with van der Waals surface area (Å²) in [5.74, 6) is -0.169. The fourth-order valence-electron chi connectivity index (χ4n) is 2.40. The molecule has 0 aromatic carbocycles. The Morgan fingerprint density at radius 1 is 1.30 bits per heavy atom. The summed E-state index contributed by atoms with van der Waals surface area (Å²) in [6.07, 6.45) is 1.51. The van der Waals surface area contributed by atoms with Gasteiger partial charge in [-0.15, -0.1) is 0 Å². The molecule has 0 unspecified atom stereocenters. The van der Waals surface area contributed by atoms with Gasteiger partial charge in [-0.1, -0.05) is 0 Å². The molecule has 0 bridgehead atoms. The fraction of sp³-hybridized carbons (Fsp3) is 0.500. The lowest BCUT2D eigenvalue weighted by atomic mass is 9.93. The Morgan fingerprint density at radius 2 is 2.04 bits per heavy atom. The van der Waals surface area contributed by atoms with E-state index in [1.807, 2.05) is 17.8 Å². The molecular formula is C14H17F3N6. The van der Waals surface area contributed by atoms with Crippen LogP contribution in [0, 0.1) is 6.92 Å². The largest absolute Gasteiger partial charge is 0.421 e. The van der Waals surface area contributed by atoms with Crippen LogP contribution in [0.3, 0.4) is 0 Å². The van der Waals surface area contributed by atoms with Crippen LogP contribution in [0.4, 0.5) is 30.6 Å². The first-order valence-electron chi connectivity index (χ1n) is 7.33. The van der Waals surface area contributed by atoms with E-state index in [-0.39, 0.29) is 11.8 Å². The highest BCUT2D eigenvalue weighted by Crippen LogP contribution is 2.35. The number of hydrogen-bond acceptors (Lipinski definition) is 5. The molecular weight excluding hydrogens is 309 g/mol. The van der Waals surface area contributed by atoms with E-state index in [1.54, 1.807) is 0 Å². The molecule has 1 saturated carbocycles. The van der Waals surface area contributed by atoms with Gasteiger partial charge in [-0.2, -0.15) is 23.3 Å². The molecule has 23 heavy (non-hydrogen) atoms. The van der Waals surface area contributed by atoms with Crippen LogP contribution in [0.2, 0.25) is 0 Å². The summed E-state index contributed by atoms with van der Waals surface area (Å²) in [5.41, 5.74) is 0.553. The number of halogens is 3. The lowest BCUT2D eigenvalue weighted by Gasteiger charge is -2.25. The lowest BCUT2D eigenvalue weighted by molar-refractivity contribution is -0.137. The zero-order valence-corrected chi connectivity index (χ0v) is 12.8. The van der Waals surface area contributed by atoms with Crippen molar-refractivity contribution in [2.45, 2.75) is 38.4 Å². The van der Waals surface area contributed by atoms with Crippen molar-refractivity contribution in [1.82, 2.24) is 19.7 Å². The summed E-state index contributed by atoms with van der Waals surface area (Å²) in [6, 6.07) is 0.408. The zero-order chi connectivity index (χ0) is 16.6. The van der Waals surface area contributed by atoms with E-state index in [1.165, 1.54) is 13.5 Å². The minimum absolute atomic E-state index is 0.0959. The highest BCUT2D eigenvalue weighted by atomic mass is 19.4. The lowest BCUT2D eigenvalue weighted by Crippen LogP contribution is -2.17. The molecule has 6 nitrogen and oxygen atoms in total. The van der Waals surface area contributed by atoms with Crippen LogP contribution in [0.15, 0.2) is 12.4 Å². The Hall–Kier alpha value is -2.32. The molecule has 1 fully saturated rings. The topological polar surface area (TPSA) is 67.7 Å². The number of hydrogen-bond donors (Lipinski definition) is 2. The predicted octanol–water partition coefficient (Wildman–Crippen LogP) is 3.51. The SMILES string of the molecule is CNc1nc(Nc2cn(C3CCC3)nc2C)ncc1C(F)(F)F. The highest BCUT2D eigenvalue weighted by molar-refractivity contribution is 5.57. The molecule has 0 radical (unpaired) electrons. The Bertz CT molecular complexity index is 705. The number of anilines is 3. The molecule has 3 rings (SSSR count). The summed E-state index contributed by atoms with van der Waals surface area (Å²) < 4.78 is 40.4. The van der Waals surface area contributed by atoms with Crippen molar-refractivity contribution in [3.63, 3.8) is 0 Å². The number of alkyl halides is 3. The second kappa shape index (κ2) is 5.71. The van der Waals surface area contributed by atoms with Gasteiger partial charge in [0.2, 0.25) is 5.95 Å². The smallest absolute Gasteiger partial charge is 0.372 e. The van der Waals surface area contributed by atoms with Crippen molar-refractivity contribution in [2.24, 2.45) is 0 Å². The molecule has 0 saturated heterocycles. The van der Waals surface area contributed by atoms with E-state index in [9.17, 15) is 13.2 Å². The first kappa shape index (κ1) is 15.6. The van der Waals surface area contributed by atoms with E-state index in [2.05, 4.69) is 25.7 Å². The molecule has 0 amide bonds. The maximum Gasteiger partial charge on any atom is 0.421 e. The first-order valence-corrected chi connectivity index (χ1v) is 7.33. The first-order chi connectivity index (χ1) is 10.9. The molecule has 2 aromatic rings. The minimum atomic E-state index is -4.50. The molecule has 1 aliphatic rings. The van der Waals surface area contributed by atoms with Crippen molar-refractivity contribution in [3.8, 4) is 0 Å². The third-order valence-corrected chi connectivity index (χ3v) is 3.94. The predicted molar refractivity (Wildman–Crippen MR) is 79.7 cm³/mol. The Labute approximate surface area is 131 Å². The van der Waals surface area contributed by atoms with Crippen LogP contribution >= 0.6 is 0 Å². The monoisotopic (exact) mass is 326 g/mol. The van der Waals surface area contributed by atoms with Gasteiger partial charge in [0.15, 0.2) is 0 Å². The van der Waals surface area contributed by atoms with Gasteiger partial charge in [0, 0.05) is 19.4 Å². The summed E-state index contributed by atoms with van der Waals surface area (Å²) in [7, 11) is 1.39. The molecule has 9 heteroatoms. The van der Waals surface area contributed by atoms with Crippen LogP contribution < -0.4 is 10.6 Å². The second-order valence-corrected chi connectivity index (χ2v) is 5.52. The van der Waals surface area contributed by atoms with E-state index < -0.39 is 11.7 Å². The normalized spacial score (nSPS) is 15.3. The summed E-state index contributed by atoms with van der Waals surface area (Å²) in [5, 5.41) is 9.82. The van der Waals surface area contributed by atoms with Crippen molar-refractivity contribution in [1.29, 1.82) is 0 Å². The van der Waals surface area contributed by atoms with Gasteiger partial charge in [-0.25, -0.2) is 4.98 Å². The molecule has 0 atom stereocenters. The molecule has 2 heterocycles. The Kier molecular flexibility index (Phi) is 3.87. The van der Waals surface area contributed by atoms with Crippen molar-refractivity contribution in [2.75, 3.05) is 17.7 Å². The summed E-state index contributed by atoms with van der Waals surface area (Å²) >= 11 is 0. The van der Waals surface area contributed by atoms with Crippen molar-refractivity contribution in [3.05, 3.63) is 23.7 Å². The highest BCUT2D eigenvalue weighted by Gasteiger charge is 2.35. The van der Waals surface area contributed by atoms with Crippen LogP contribution in [-0.4, -0.2) is 26.8 Å². The van der Waals surface area contributed by atoms with Crippen molar-refractivity contribution >= 4 is 17.5 Å². The van der Waals surface area contributed by atoms with E-state index in [0.717, 1.165) is 24.7 Å². The number of nitrogens with zero attached hydrogens (tertiary/aromatic N) is 4. The maximum absolute atomic E-state index is 12.8. The van der Waals surface area contributed by atoms with Gasteiger partial charge in [-0.3, -0.25) is 4.68 Å². The summed E-state index contributed by atoms with van der Waals surface area (Å²) in [6.45, 7) is 1.83. The van der Waals surface area contributed by atoms with E-state index in [0.29, 0.717) is 11.7 Å². The maximum atomic E-state index is 12.8.